The average Bonchev–Trinajstić information content (AvgIpc) is 2.39. The summed E-state index contributed by atoms with van der Waals surface area (Å²) < 4.78 is 43.1. The van der Waals surface area contributed by atoms with Gasteiger partial charge in [-0.3, -0.25) is 4.79 Å². The predicted octanol–water partition coefficient (Wildman–Crippen LogP) is 3.13. The van der Waals surface area contributed by atoms with E-state index >= 15 is 0 Å². The molecule has 1 saturated heterocycles. The molecule has 1 heterocycles. The van der Waals surface area contributed by atoms with E-state index in [9.17, 15) is 23.1 Å². The van der Waals surface area contributed by atoms with E-state index in [1.165, 1.54) is 12.1 Å². The van der Waals surface area contributed by atoms with E-state index in [1.54, 1.807) is 0 Å². The van der Waals surface area contributed by atoms with Crippen LogP contribution in [0.25, 0.3) is 0 Å². The van der Waals surface area contributed by atoms with Gasteiger partial charge in [-0.1, -0.05) is 18.2 Å². The van der Waals surface area contributed by atoms with Gasteiger partial charge in [0.25, 0.3) is 0 Å². The van der Waals surface area contributed by atoms with Gasteiger partial charge < -0.3 is 9.84 Å². The highest BCUT2D eigenvalue weighted by atomic mass is 19.4. The molecule has 3 nitrogen and oxygen atoms in total. The van der Waals surface area contributed by atoms with Crippen molar-refractivity contribution in [1.29, 1.82) is 0 Å². The number of ether oxygens (including phenoxy) is 1. The smallest absolute Gasteiger partial charge is 0.416 e. The number of halogens is 3. The van der Waals surface area contributed by atoms with Gasteiger partial charge in [0, 0.05) is 13.2 Å². The molecular formula is C14H15F3O3. The normalized spacial score (nSPS) is 18.8. The summed E-state index contributed by atoms with van der Waals surface area (Å²) in [5, 5.41) is 9.40. The minimum absolute atomic E-state index is 0.0929. The fraction of sp³-hybridized carbons (Fsp3) is 0.500. The van der Waals surface area contributed by atoms with Crippen LogP contribution in [0.3, 0.4) is 0 Å². The summed E-state index contributed by atoms with van der Waals surface area (Å²) >= 11 is 0. The minimum Gasteiger partial charge on any atom is -0.481 e. The van der Waals surface area contributed by atoms with Crippen LogP contribution < -0.4 is 0 Å². The Bertz CT molecular complexity index is 491. The third-order valence-corrected chi connectivity index (χ3v) is 3.70. The van der Waals surface area contributed by atoms with Crippen LogP contribution in [0.2, 0.25) is 0 Å². The Kier molecular flexibility index (Phi) is 4.04. The molecule has 0 aromatic heterocycles. The molecule has 0 bridgehead atoms. The maximum atomic E-state index is 12.7. The molecule has 1 fully saturated rings. The second-order valence-corrected chi connectivity index (χ2v) is 5.07. The molecule has 0 aliphatic carbocycles. The summed E-state index contributed by atoms with van der Waals surface area (Å²) in [5.41, 5.74) is -1.38. The first-order valence-electron chi connectivity index (χ1n) is 6.31. The van der Waals surface area contributed by atoms with Crippen LogP contribution in [0.15, 0.2) is 24.3 Å². The Hall–Kier alpha value is -1.56. The van der Waals surface area contributed by atoms with Crippen LogP contribution in [-0.2, 0) is 22.1 Å². The number of hydrogen-bond donors (Lipinski definition) is 1. The first-order valence-corrected chi connectivity index (χ1v) is 6.31. The van der Waals surface area contributed by atoms with E-state index in [2.05, 4.69) is 0 Å². The monoisotopic (exact) mass is 288 g/mol. The summed E-state index contributed by atoms with van der Waals surface area (Å²) in [6.45, 7) is 0.649. The van der Waals surface area contributed by atoms with Crippen molar-refractivity contribution in [3.05, 3.63) is 35.4 Å². The third-order valence-electron chi connectivity index (χ3n) is 3.70. The SMILES string of the molecule is O=C(O)C1(Cc2cccc(C(F)(F)F)c2)CCOCC1. The van der Waals surface area contributed by atoms with E-state index < -0.39 is 23.1 Å². The van der Waals surface area contributed by atoms with Crippen molar-refractivity contribution in [3.63, 3.8) is 0 Å². The van der Waals surface area contributed by atoms with E-state index in [4.69, 9.17) is 4.74 Å². The number of aliphatic carboxylic acids is 1. The molecule has 0 atom stereocenters. The largest absolute Gasteiger partial charge is 0.481 e. The van der Waals surface area contributed by atoms with Gasteiger partial charge in [0.15, 0.2) is 0 Å². The molecule has 2 rings (SSSR count). The number of carbonyl (C=O) groups is 1. The van der Waals surface area contributed by atoms with Crippen molar-refractivity contribution in [2.24, 2.45) is 5.41 Å². The molecule has 110 valence electrons. The van der Waals surface area contributed by atoms with Crippen LogP contribution >= 0.6 is 0 Å². The predicted molar refractivity (Wildman–Crippen MR) is 65.3 cm³/mol. The molecule has 0 unspecified atom stereocenters. The summed E-state index contributed by atoms with van der Waals surface area (Å²) in [7, 11) is 0. The van der Waals surface area contributed by atoms with Crippen LogP contribution in [-0.4, -0.2) is 24.3 Å². The summed E-state index contributed by atoms with van der Waals surface area (Å²) in [6.07, 6.45) is -3.69. The van der Waals surface area contributed by atoms with Crippen LogP contribution in [0, 0.1) is 5.41 Å². The molecule has 0 amide bonds. The molecule has 1 aromatic rings. The van der Waals surface area contributed by atoms with Gasteiger partial charge >= 0.3 is 12.1 Å². The first kappa shape index (κ1) is 14.8. The third kappa shape index (κ3) is 3.12. The summed E-state index contributed by atoms with van der Waals surface area (Å²) in [6, 6.07) is 4.86. The summed E-state index contributed by atoms with van der Waals surface area (Å²) in [4.78, 5) is 11.5. The lowest BCUT2D eigenvalue weighted by molar-refractivity contribution is -0.154. The molecular weight excluding hydrogens is 273 g/mol. The lowest BCUT2D eigenvalue weighted by Crippen LogP contribution is -2.39. The molecule has 0 spiro atoms. The number of carboxylic acid groups (broad SMARTS) is 1. The Morgan fingerprint density at radius 3 is 2.50 bits per heavy atom. The highest BCUT2D eigenvalue weighted by Gasteiger charge is 2.40. The van der Waals surface area contributed by atoms with Gasteiger partial charge in [0.05, 0.1) is 11.0 Å². The van der Waals surface area contributed by atoms with E-state index in [-0.39, 0.29) is 6.42 Å². The quantitative estimate of drug-likeness (QED) is 0.929. The standard InChI is InChI=1S/C14H15F3O3/c15-14(16,17)11-3-1-2-10(8-11)9-13(12(18)19)4-6-20-7-5-13/h1-3,8H,4-7,9H2,(H,18,19). The molecule has 1 aromatic carbocycles. The number of benzene rings is 1. The van der Waals surface area contributed by atoms with Crippen molar-refractivity contribution in [2.45, 2.75) is 25.4 Å². The summed E-state index contributed by atoms with van der Waals surface area (Å²) in [5.74, 6) is -0.974. The Morgan fingerprint density at radius 2 is 1.95 bits per heavy atom. The molecule has 1 aliphatic rings. The second kappa shape index (κ2) is 5.44. The fourth-order valence-electron chi connectivity index (χ4n) is 2.48. The molecule has 20 heavy (non-hydrogen) atoms. The highest BCUT2D eigenvalue weighted by Crippen LogP contribution is 2.36. The van der Waals surface area contributed by atoms with Crippen molar-refractivity contribution < 1.29 is 27.8 Å². The van der Waals surface area contributed by atoms with Gasteiger partial charge in [-0.15, -0.1) is 0 Å². The highest BCUT2D eigenvalue weighted by molar-refractivity contribution is 5.75. The van der Waals surface area contributed by atoms with Crippen LogP contribution in [0.1, 0.15) is 24.0 Å². The zero-order chi connectivity index (χ0) is 14.8. The second-order valence-electron chi connectivity index (χ2n) is 5.07. The zero-order valence-corrected chi connectivity index (χ0v) is 10.7. The van der Waals surface area contributed by atoms with Gasteiger partial charge in [-0.2, -0.15) is 13.2 Å². The van der Waals surface area contributed by atoms with Crippen molar-refractivity contribution in [3.8, 4) is 0 Å². The van der Waals surface area contributed by atoms with Crippen molar-refractivity contribution in [2.75, 3.05) is 13.2 Å². The zero-order valence-electron chi connectivity index (χ0n) is 10.7. The maximum Gasteiger partial charge on any atom is 0.416 e. The molecule has 0 saturated carbocycles. The lowest BCUT2D eigenvalue weighted by atomic mass is 9.75. The Labute approximate surface area is 114 Å². The van der Waals surface area contributed by atoms with E-state index in [0.717, 1.165) is 12.1 Å². The fourth-order valence-corrected chi connectivity index (χ4v) is 2.48. The number of alkyl halides is 3. The number of rotatable bonds is 3. The number of hydrogen-bond acceptors (Lipinski definition) is 2. The van der Waals surface area contributed by atoms with Crippen LogP contribution in [0.4, 0.5) is 13.2 Å². The van der Waals surface area contributed by atoms with Crippen molar-refractivity contribution in [1.82, 2.24) is 0 Å². The Morgan fingerprint density at radius 1 is 1.30 bits per heavy atom. The average molecular weight is 288 g/mol. The van der Waals surface area contributed by atoms with Gasteiger partial charge in [0.2, 0.25) is 0 Å². The van der Waals surface area contributed by atoms with Gasteiger partial charge in [-0.25, -0.2) is 0 Å². The van der Waals surface area contributed by atoms with Crippen molar-refractivity contribution >= 4 is 5.97 Å². The van der Waals surface area contributed by atoms with Crippen LogP contribution in [0.5, 0.6) is 0 Å². The minimum atomic E-state index is -4.41. The van der Waals surface area contributed by atoms with E-state index in [0.29, 0.717) is 31.6 Å². The molecule has 6 heteroatoms. The maximum absolute atomic E-state index is 12.7. The lowest BCUT2D eigenvalue weighted by Gasteiger charge is -2.33. The first-order chi connectivity index (χ1) is 9.33. The topological polar surface area (TPSA) is 46.5 Å². The van der Waals surface area contributed by atoms with Gasteiger partial charge in [-0.05, 0) is 30.9 Å². The number of carboxylic acids is 1. The molecule has 0 radical (unpaired) electrons. The van der Waals surface area contributed by atoms with E-state index in [1.807, 2.05) is 0 Å². The van der Waals surface area contributed by atoms with Gasteiger partial charge in [0.1, 0.15) is 0 Å². The molecule has 1 N–H and O–H groups in total. The Balaban J connectivity index is 2.25. The molecule has 1 aliphatic heterocycles.